The van der Waals surface area contributed by atoms with Gasteiger partial charge in [-0.15, -0.1) is 0 Å². The van der Waals surface area contributed by atoms with Gasteiger partial charge in [-0.1, -0.05) is 6.42 Å². The zero-order valence-electron chi connectivity index (χ0n) is 12.6. The maximum absolute atomic E-state index is 14.5. The molecule has 5 heteroatoms. The van der Waals surface area contributed by atoms with Gasteiger partial charge < -0.3 is 5.32 Å². The molecular formula is C14H28FNO2S. The summed E-state index contributed by atoms with van der Waals surface area (Å²) in [6.07, 6.45) is 3.77. The molecule has 1 heterocycles. The van der Waals surface area contributed by atoms with E-state index in [1.54, 1.807) is 20.8 Å². The molecule has 0 bridgehead atoms. The Kier molecular flexibility index (Phi) is 5.41. The van der Waals surface area contributed by atoms with Crippen LogP contribution in [-0.2, 0) is 9.84 Å². The van der Waals surface area contributed by atoms with Crippen LogP contribution in [0.25, 0.3) is 0 Å². The maximum Gasteiger partial charge on any atom is 0.155 e. The fraction of sp³-hybridized carbons (Fsp3) is 1.00. The van der Waals surface area contributed by atoms with Crippen molar-refractivity contribution in [3.8, 4) is 0 Å². The van der Waals surface area contributed by atoms with E-state index < -0.39 is 20.3 Å². The molecule has 1 aliphatic heterocycles. The summed E-state index contributed by atoms with van der Waals surface area (Å²) < 4.78 is 37.7. The Morgan fingerprint density at radius 1 is 1.21 bits per heavy atom. The number of rotatable bonds is 5. The summed E-state index contributed by atoms with van der Waals surface area (Å²) in [6, 6.07) is 0.195. The highest BCUT2D eigenvalue weighted by atomic mass is 32.2. The highest BCUT2D eigenvalue weighted by Crippen LogP contribution is 2.28. The van der Waals surface area contributed by atoms with Gasteiger partial charge in [0.25, 0.3) is 0 Å². The standard InChI is InChI=1S/C14H28FNO2S/c1-13(2,3)19(17,18)10-8-14(4,15)11-12-7-5-6-9-16-12/h12,16H,5-11H2,1-4H3. The van der Waals surface area contributed by atoms with Crippen molar-refractivity contribution in [2.45, 2.75) is 76.3 Å². The SMILES string of the molecule is CC(F)(CCS(=O)(=O)C(C)(C)C)CC1CCCCN1. The molecule has 1 rings (SSSR count). The van der Waals surface area contributed by atoms with E-state index in [0.29, 0.717) is 6.42 Å². The van der Waals surface area contributed by atoms with Crippen LogP contribution in [0, 0.1) is 0 Å². The summed E-state index contributed by atoms with van der Waals surface area (Å²) in [7, 11) is -3.23. The molecule has 0 aromatic heterocycles. The minimum atomic E-state index is -3.23. The van der Waals surface area contributed by atoms with E-state index in [4.69, 9.17) is 0 Å². The molecule has 114 valence electrons. The average molecular weight is 293 g/mol. The first-order valence-electron chi connectivity index (χ1n) is 7.18. The van der Waals surface area contributed by atoms with Gasteiger partial charge >= 0.3 is 0 Å². The molecule has 0 aromatic carbocycles. The van der Waals surface area contributed by atoms with Crippen molar-refractivity contribution in [2.24, 2.45) is 0 Å². The lowest BCUT2D eigenvalue weighted by Crippen LogP contribution is -2.40. The first kappa shape index (κ1) is 16.9. The topological polar surface area (TPSA) is 46.2 Å². The van der Waals surface area contributed by atoms with Gasteiger partial charge in [0, 0.05) is 6.04 Å². The second kappa shape index (κ2) is 6.08. The second-order valence-electron chi connectivity index (χ2n) is 6.95. The van der Waals surface area contributed by atoms with Crippen LogP contribution in [0.1, 0.15) is 59.8 Å². The number of hydrogen-bond acceptors (Lipinski definition) is 3. The van der Waals surface area contributed by atoms with Gasteiger partial charge in [-0.3, -0.25) is 0 Å². The molecule has 0 aliphatic carbocycles. The molecule has 1 saturated heterocycles. The molecule has 1 fully saturated rings. The predicted molar refractivity (Wildman–Crippen MR) is 77.9 cm³/mol. The molecule has 19 heavy (non-hydrogen) atoms. The lowest BCUT2D eigenvalue weighted by atomic mass is 9.91. The lowest BCUT2D eigenvalue weighted by Gasteiger charge is -2.30. The number of hydrogen-bond donors (Lipinski definition) is 1. The summed E-state index contributed by atoms with van der Waals surface area (Å²) in [5.41, 5.74) is -1.41. The zero-order chi connectivity index (χ0) is 14.7. The number of piperidine rings is 1. The van der Waals surface area contributed by atoms with Gasteiger partial charge in [0.1, 0.15) is 5.67 Å². The van der Waals surface area contributed by atoms with Crippen molar-refractivity contribution in [1.29, 1.82) is 0 Å². The van der Waals surface area contributed by atoms with E-state index in [0.717, 1.165) is 25.8 Å². The third-order valence-corrected chi connectivity index (χ3v) is 6.52. The molecule has 1 aliphatic rings. The van der Waals surface area contributed by atoms with Crippen LogP contribution >= 0.6 is 0 Å². The van der Waals surface area contributed by atoms with E-state index in [1.165, 1.54) is 6.92 Å². The molecule has 0 spiro atoms. The Balaban J connectivity index is 2.50. The summed E-state index contributed by atoms with van der Waals surface area (Å²) >= 11 is 0. The van der Waals surface area contributed by atoms with E-state index in [9.17, 15) is 12.8 Å². The van der Waals surface area contributed by atoms with Crippen molar-refractivity contribution in [2.75, 3.05) is 12.3 Å². The van der Waals surface area contributed by atoms with Gasteiger partial charge in [-0.25, -0.2) is 12.8 Å². The van der Waals surface area contributed by atoms with Gasteiger partial charge in [-0.05, 0) is 59.9 Å². The molecule has 1 N–H and O–H groups in total. The Morgan fingerprint density at radius 3 is 2.32 bits per heavy atom. The van der Waals surface area contributed by atoms with Gasteiger partial charge in [0.05, 0.1) is 10.5 Å². The zero-order valence-corrected chi connectivity index (χ0v) is 13.4. The average Bonchev–Trinajstić information content (AvgIpc) is 2.26. The normalized spacial score (nSPS) is 25.0. The summed E-state index contributed by atoms with van der Waals surface area (Å²) in [5, 5.41) is 3.31. The van der Waals surface area contributed by atoms with Crippen molar-refractivity contribution >= 4 is 9.84 Å². The smallest absolute Gasteiger partial charge is 0.155 e. The fourth-order valence-electron chi connectivity index (χ4n) is 2.37. The summed E-state index contributed by atoms with van der Waals surface area (Å²) in [6.45, 7) is 7.48. The van der Waals surface area contributed by atoms with Crippen molar-refractivity contribution in [1.82, 2.24) is 5.32 Å². The number of alkyl halides is 1. The first-order valence-corrected chi connectivity index (χ1v) is 8.83. The Hall–Kier alpha value is -0.160. The van der Waals surface area contributed by atoms with Gasteiger partial charge in [0.2, 0.25) is 0 Å². The van der Waals surface area contributed by atoms with Crippen molar-refractivity contribution in [3.05, 3.63) is 0 Å². The fourth-order valence-corrected chi connectivity index (χ4v) is 3.67. The molecule has 3 nitrogen and oxygen atoms in total. The Bertz CT molecular complexity index is 379. The Morgan fingerprint density at radius 2 is 1.84 bits per heavy atom. The predicted octanol–water partition coefficient (Wildman–Crippen LogP) is 2.85. The van der Waals surface area contributed by atoms with Crippen LogP contribution in [0.2, 0.25) is 0 Å². The van der Waals surface area contributed by atoms with Gasteiger partial charge in [-0.2, -0.15) is 0 Å². The lowest BCUT2D eigenvalue weighted by molar-refractivity contribution is 0.141. The van der Waals surface area contributed by atoms with Gasteiger partial charge in [0.15, 0.2) is 9.84 Å². The minimum Gasteiger partial charge on any atom is -0.314 e. The molecule has 0 saturated carbocycles. The summed E-state index contributed by atoms with van der Waals surface area (Å²) in [5.74, 6) is -0.0732. The maximum atomic E-state index is 14.5. The Labute approximate surface area is 117 Å². The van der Waals surface area contributed by atoms with E-state index in [2.05, 4.69) is 5.32 Å². The van der Waals surface area contributed by atoms with E-state index >= 15 is 0 Å². The molecular weight excluding hydrogens is 265 g/mol. The van der Waals surface area contributed by atoms with Crippen LogP contribution in [0.5, 0.6) is 0 Å². The largest absolute Gasteiger partial charge is 0.314 e. The van der Waals surface area contributed by atoms with E-state index in [1.807, 2.05) is 0 Å². The van der Waals surface area contributed by atoms with Crippen LogP contribution in [0.4, 0.5) is 4.39 Å². The molecule has 0 aromatic rings. The monoisotopic (exact) mass is 293 g/mol. The third-order valence-electron chi connectivity index (χ3n) is 3.91. The second-order valence-corrected chi connectivity index (χ2v) is 9.81. The van der Waals surface area contributed by atoms with Crippen LogP contribution in [0.3, 0.4) is 0 Å². The van der Waals surface area contributed by atoms with Crippen molar-refractivity contribution in [3.63, 3.8) is 0 Å². The minimum absolute atomic E-state index is 0.0732. The summed E-state index contributed by atoms with van der Waals surface area (Å²) in [4.78, 5) is 0. The molecule has 0 radical (unpaired) electrons. The highest BCUT2D eigenvalue weighted by molar-refractivity contribution is 7.92. The highest BCUT2D eigenvalue weighted by Gasteiger charge is 2.34. The molecule has 0 amide bonds. The van der Waals surface area contributed by atoms with E-state index in [-0.39, 0.29) is 18.2 Å². The van der Waals surface area contributed by atoms with Crippen LogP contribution < -0.4 is 5.32 Å². The van der Waals surface area contributed by atoms with Crippen LogP contribution in [0.15, 0.2) is 0 Å². The molecule has 2 atom stereocenters. The number of halogens is 1. The third kappa shape index (κ3) is 5.38. The quantitative estimate of drug-likeness (QED) is 0.848. The number of nitrogens with one attached hydrogen (secondary N) is 1. The first-order chi connectivity index (χ1) is 8.54. The number of sulfone groups is 1. The van der Waals surface area contributed by atoms with Crippen molar-refractivity contribution < 1.29 is 12.8 Å². The molecule has 2 unspecified atom stereocenters. The van der Waals surface area contributed by atoms with Crippen LogP contribution in [-0.4, -0.2) is 37.2 Å².